The van der Waals surface area contributed by atoms with Gasteiger partial charge in [0.25, 0.3) is 0 Å². The third kappa shape index (κ3) is 3.56. The summed E-state index contributed by atoms with van der Waals surface area (Å²) in [7, 11) is 0. The normalized spacial score (nSPS) is 10.5. The Bertz CT molecular complexity index is 707. The highest BCUT2D eigenvalue weighted by atomic mass is 79.9. The van der Waals surface area contributed by atoms with Gasteiger partial charge in [0.2, 0.25) is 5.75 Å². The molecule has 110 valence electrons. The molecule has 0 spiro atoms. The molecule has 0 aliphatic heterocycles. The second kappa shape index (κ2) is 6.77. The van der Waals surface area contributed by atoms with E-state index in [0.29, 0.717) is 26.1 Å². The van der Waals surface area contributed by atoms with Crippen molar-refractivity contribution < 1.29 is 9.66 Å². The number of alkyl halides is 1. The first-order valence-electron chi connectivity index (χ1n) is 5.89. The van der Waals surface area contributed by atoms with Crippen molar-refractivity contribution in [2.45, 2.75) is 12.3 Å². The molecule has 0 fully saturated rings. The molecule has 21 heavy (non-hydrogen) atoms. The van der Waals surface area contributed by atoms with E-state index in [1.807, 2.05) is 0 Å². The van der Waals surface area contributed by atoms with Crippen molar-refractivity contribution in [3.05, 3.63) is 61.1 Å². The molecule has 0 heterocycles. The lowest BCUT2D eigenvalue weighted by Gasteiger charge is -2.13. The molecule has 0 aliphatic rings. The van der Waals surface area contributed by atoms with Crippen molar-refractivity contribution >= 4 is 49.1 Å². The van der Waals surface area contributed by atoms with Crippen molar-refractivity contribution in [3.63, 3.8) is 0 Å². The molecule has 4 nitrogen and oxygen atoms in total. The maximum Gasteiger partial charge on any atom is 0.312 e. The van der Waals surface area contributed by atoms with Gasteiger partial charge >= 0.3 is 5.69 Å². The molecule has 0 atom stereocenters. The summed E-state index contributed by atoms with van der Waals surface area (Å²) < 4.78 is 6.41. The average molecular weight is 435 g/mol. The fourth-order valence-corrected chi connectivity index (χ4v) is 3.39. The highest BCUT2D eigenvalue weighted by Gasteiger charge is 2.21. The van der Waals surface area contributed by atoms with E-state index in [1.54, 1.807) is 31.2 Å². The Kier molecular flexibility index (Phi) is 5.24. The number of rotatable bonds is 4. The van der Waals surface area contributed by atoms with Crippen LogP contribution in [-0.2, 0) is 5.33 Å². The van der Waals surface area contributed by atoms with Crippen LogP contribution in [0.1, 0.15) is 11.1 Å². The van der Waals surface area contributed by atoms with E-state index in [4.69, 9.17) is 16.3 Å². The highest BCUT2D eigenvalue weighted by Crippen LogP contribution is 2.39. The summed E-state index contributed by atoms with van der Waals surface area (Å²) in [6, 6.07) is 8.40. The highest BCUT2D eigenvalue weighted by molar-refractivity contribution is 9.10. The van der Waals surface area contributed by atoms with Crippen LogP contribution in [0.4, 0.5) is 5.69 Å². The van der Waals surface area contributed by atoms with Gasteiger partial charge in [0, 0.05) is 26.5 Å². The van der Waals surface area contributed by atoms with E-state index >= 15 is 0 Å². The quantitative estimate of drug-likeness (QED) is 0.336. The molecule has 0 saturated carbocycles. The molecule has 0 amide bonds. The summed E-state index contributed by atoms with van der Waals surface area (Å²) in [6.07, 6.45) is 0. The predicted octanol–water partition coefficient (Wildman–Crippen LogP) is 6.01. The van der Waals surface area contributed by atoms with Gasteiger partial charge in [-0.3, -0.25) is 10.1 Å². The summed E-state index contributed by atoms with van der Waals surface area (Å²) in [5.74, 6) is 0.709. The first-order valence-corrected chi connectivity index (χ1v) is 8.19. The maximum absolute atomic E-state index is 11.2. The molecule has 0 bridgehead atoms. The molecule has 2 rings (SSSR count). The molecular weight excluding hydrogens is 425 g/mol. The lowest BCUT2D eigenvalue weighted by atomic mass is 10.2. The smallest absolute Gasteiger partial charge is 0.312 e. The van der Waals surface area contributed by atoms with E-state index in [-0.39, 0.29) is 11.4 Å². The molecule has 2 aromatic rings. The topological polar surface area (TPSA) is 52.4 Å². The second-order valence-electron chi connectivity index (χ2n) is 4.28. The van der Waals surface area contributed by atoms with Crippen LogP contribution in [0.2, 0.25) is 5.02 Å². The summed E-state index contributed by atoms with van der Waals surface area (Å²) in [6.45, 7) is 1.76. The molecule has 0 saturated heterocycles. The summed E-state index contributed by atoms with van der Waals surface area (Å²) >= 11 is 12.7. The number of nitro groups is 1. The number of benzene rings is 2. The molecule has 0 radical (unpaired) electrons. The van der Waals surface area contributed by atoms with Crippen molar-refractivity contribution in [1.82, 2.24) is 0 Å². The predicted molar refractivity (Wildman–Crippen MR) is 89.7 cm³/mol. The lowest BCUT2D eigenvalue weighted by Crippen LogP contribution is -1.98. The fourth-order valence-electron chi connectivity index (χ4n) is 1.85. The largest absolute Gasteiger partial charge is 0.449 e. The number of aryl methyl sites for hydroxylation is 1. The first kappa shape index (κ1) is 16.3. The van der Waals surface area contributed by atoms with Crippen molar-refractivity contribution in [3.8, 4) is 11.5 Å². The van der Waals surface area contributed by atoms with Gasteiger partial charge in [0.05, 0.1) is 4.92 Å². The number of nitrogens with zero attached hydrogens (tertiary/aromatic N) is 1. The van der Waals surface area contributed by atoms with Crippen LogP contribution < -0.4 is 4.74 Å². The molecule has 0 unspecified atom stereocenters. The van der Waals surface area contributed by atoms with Gasteiger partial charge in [-0.15, -0.1) is 0 Å². The van der Waals surface area contributed by atoms with E-state index in [2.05, 4.69) is 31.9 Å². The first-order chi connectivity index (χ1) is 9.93. The standard InChI is InChI=1S/C14H10Br2ClNO3/c1-8-5-9(16)6-12(18(19)20)14(8)21-13-4-2-3-11(17)10(13)7-15/h2-6H,7H2,1H3. The number of ether oxygens (including phenoxy) is 1. The second-order valence-corrected chi connectivity index (χ2v) is 6.16. The SMILES string of the molecule is Cc1cc(Br)cc([N+](=O)[O-])c1Oc1cccc(Cl)c1CBr. The van der Waals surface area contributed by atoms with Crippen LogP contribution in [0.15, 0.2) is 34.8 Å². The van der Waals surface area contributed by atoms with Crippen molar-refractivity contribution in [2.75, 3.05) is 0 Å². The average Bonchev–Trinajstić information content (AvgIpc) is 2.41. The summed E-state index contributed by atoms with van der Waals surface area (Å²) in [5.41, 5.74) is 1.31. The lowest BCUT2D eigenvalue weighted by molar-refractivity contribution is -0.385. The van der Waals surface area contributed by atoms with Crippen LogP contribution >= 0.6 is 43.5 Å². The van der Waals surface area contributed by atoms with Gasteiger partial charge in [-0.25, -0.2) is 0 Å². The Morgan fingerprint density at radius 1 is 1.38 bits per heavy atom. The molecule has 0 N–H and O–H groups in total. The van der Waals surface area contributed by atoms with Gasteiger partial charge in [-0.1, -0.05) is 49.5 Å². The minimum atomic E-state index is -0.467. The molecule has 2 aromatic carbocycles. The zero-order valence-corrected chi connectivity index (χ0v) is 14.8. The number of hydrogen-bond donors (Lipinski definition) is 0. The fraction of sp³-hybridized carbons (Fsp3) is 0.143. The molecule has 7 heteroatoms. The number of halogens is 3. The summed E-state index contributed by atoms with van der Waals surface area (Å²) in [4.78, 5) is 10.7. The minimum absolute atomic E-state index is 0.0950. The molecule has 0 aromatic heterocycles. The van der Waals surface area contributed by atoms with Crippen LogP contribution in [0.25, 0.3) is 0 Å². The van der Waals surface area contributed by atoms with Gasteiger partial charge in [-0.2, -0.15) is 0 Å². The molecular formula is C14H10Br2ClNO3. The maximum atomic E-state index is 11.2. The van der Waals surface area contributed by atoms with Crippen LogP contribution in [0, 0.1) is 17.0 Å². The Balaban J connectivity index is 2.54. The van der Waals surface area contributed by atoms with E-state index in [1.165, 1.54) is 6.07 Å². The minimum Gasteiger partial charge on any atom is -0.449 e. The number of nitro benzene ring substituents is 1. The van der Waals surface area contributed by atoms with Crippen molar-refractivity contribution in [2.24, 2.45) is 0 Å². The van der Waals surface area contributed by atoms with Gasteiger partial charge in [0.1, 0.15) is 5.75 Å². The monoisotopic (exact) mass is 433 g/mol. The summed E-state index contributed by atoms with van der Waals surface area (Å²) in [5, 5.41) is 12.2. The third-order valence-electron chi connectivity index (χ3n) is 2.84. The third-order valence-corrected chi connectivity index (χ3v) is 4.21. The Labute approximate surface area is 143 Å². The Hall–Kier alpha value is -1.11. The van der Waals surface area contributed by atoms with E-state index in [9.17, 15) is 10.1 Å². The zero-order chi connectivity index (χ0) is 15.6. The Morgan fingerprint density at radius 3 is 2.71 bits per heavy atom. The number of hydrogen-bond acceptors (Lipinski definition) is 3. The van der Waals surface area contributed by atoms with Gasteiger partial charge < -0.3 is 4.74 Å². The Morgan fingerprint density at radius 2 is 2.10 bits per heavy atom. The van der Waals surface area contributed by atoms with Gasteiger partial charge in [-0.05, 0) is 30.7 Å². The molecule has 0 aliphatic carbocycles. The van der Waals surface area contributed by atoms with Crippen LogP contribution in [0.5, 0.6) is 11.5 Å². The van der Waals surface area contributed by atoms with Crippen LogP contribution in [0.3, 0.4) is 0 Å². The van der Waals surface area contributed by atoms with E-state index < -0.39 is 4.92 Å². The van der Waals surface area contributed by atoms with Gasteiger partial charge in [0.15, 0.2) is 0 Å². The van der Waals surface area contributed by atoms with Crippen LogP contribution in [-0.4, -0.2) is 4.92 Å². The zero-order valence-electron chi connectivity index (χ0n) is 10.9. The van der Waals surface area contributed by atoms with Crippen molar-refractivity contribution in [1.29, 1.82) is 0 Å². The van der Waals surface area contributed by atoms with E-state index in [0.717, 1.165) is 5.56 Å².